The molecule has 0 saturated carbocycles. The van der Waals surface area contributed by atoms with Crippen molar-refractivity contribution in [1.82, 2.24) is 10.2 Å². The number of rotatable bonds is 2. The minimum Gasteiger partial charge on any atom is -0.316 e. The Morgan fingerprint density at radius 2 is 2.00 bits per heavy atom. The monoisotopic (exact) mass is 214 g/mol. The van der Waals surface area contributed by atoms with E-state index in [2.05, 4.69) is 35.8 Å². The Balaban J connectivity index is 1.78. The number of hydrogen-bond donors (Lipinski definition) is 1. The Labute approximate surface area is 91.8 Å². The molecule has 0 bridgehead atoms. The van der Waals surface area contributed by atoms with Crippen molar-refractivity contribution in [3.8, 4) is 0 Å². The average Bonchev–Trinajstić information content (AvgIpc) is 2.54. The van der Waals surface area contributed by atoms with Crippen LogP contribution in [0.15, 0.2) is 0 Å². The molecule has 2 rings (SSSR count). The normalized spacial score (nSPS) is 40.3. The number of thioether (sulfide) groups is 1. The highest BCUT2D eigenvalue weighted by molar-refractivity contribution is 8.00. The van der Waals surface area contributed by atoms with E-state index < -0.39 is 0 Å². The summed E-state index contributed by atoms with van der Waals surface area (Å²) in [6.07, 6.45) is 1.38. The molecule has 0 aliphatic carbocycles. The van der Waals surface area contributed by atoms with Crippen LogP contribution in [-0.2, 0) is 0 Å². The third-order valence-electron chi connectivity index (χ3n) is 3.17. The topological polar surface area (TPSA) is 15.3 Å². The van der Waals surface area contributed by atoms with Crippen LogP contribution in [0, 0.1) is 5.92 Å². The van der Waals surface area contributed by atoms with Crippen molar-refractivity contribution in [2.45, 2.75) is 30.8 Å². The van der Waals surface area contributed by atoms with E-state index >= 15 is 0 Å². The zero-order valence-electron chi connectivity index (χ0n) is 9.33. The summed E-state index contributed by atoms with van der Waals surface area (Å²) in [5.41, 5.74) is 0. The molecule has 2 nitrogen and oxygen atoms in total. The lowest BCUT2D eigenvalue weighted by Gasteiger charge is -2.35. The zero-order valence-corrected chi connectivity index (χ0v) is 10.1. The van der Waals surface area contributed by atoms with Gasteiger partial charge in [-0.05, 0) is 25.4 Å². The van der Waals surface area contributed by atoms with Gasteiger partial charge in [0.15, 0.2) is 0 Å². The molecule has 3 heteroatoms. The van der Waals surface area contributed by atoms with Crippen LogP contribution in [0.5, 0.6) is 0 Å². The molecule has 2 aliphatic heterocycles. The van der Waals surface area contributed by atoms with E-state index in [1.54, 1.807) is 0 Å². The molecule has 0 radical (unpaired) electrons. The number of nitrogens with zero attached hydrogens (tertiary/aromatic N) is 1. The Hall–Kier alpha value is 0.270. The minimum absolute atomic E-state index is 0.827. The second-order valence-corrected chi connectivity index (χ2v) is 6.72. The van der Waals surface area contributed by atoms with Crippen molar-refractivity contribution >= 4 is 11.8 Å². The summed E-state index contributed by atoms with van der Waals surface area (Å²) < 4.78 is 0. The first-order valence-electron chi connectivity index (χ1n) is 5.82. The molecular formula is C11H22N2S. The van der Waals surface area contributed by atoms with Crippen LogP contribution in [-0.4, -0.2) is 48.1 Å². The summed E-state index contributed by atoms with van der Waals surface area (Å²) in [4.78, 5) is 2.67. The fourth-order valence-corrected chi connectivity index (χ4v) is 4.06. The van der Waals surface area contributed by atoms with Crippen molar-refractivity contribution in [2.24, 2.45) is 5.92 Å². The molecule has 0 amide bonds. The Bertz CT molecular complexity index is 170. The summed E-state index contributed by atoms with van der Waals surface area (Å²) in [5.74, 6) is 0.914. The molecule has 2 heterocycles. The fraction of sp³-hybridized carbons (Fsp3) is 1.00. The predicted molar refractivity (Wildman–Crippen MR) is 63.9 cm³/mol. The van der Waals surface area contributed by atoms with Crippen LogP contribution in [0.3, 0.4) is 0 Å². The van der Waals surface area contributed by atoms with Gasteiger partial charge in [-0.15, -0.1) is 0 Å². The zero-order chi connectivity index (χ0) is 9.97. The molecule has 0 aromatic rings. The molecule has 2 fully saturated rings. The molecular weight excluding hydrogens is 192 g/mol. The van der Waals surface area contributed by atoms with Crippen LogP contribution in [0.4, 0.5) is 0 Å². The molecule has 0 spiro atoms. The first-order chi connectivity index (χ1) is 6.74. The lowest BCUT2D eigenvalue weighted by atomic mass is 10.1. The quantitative estimate of drug-likeness (QED) is 0.748. The maximum Gasteiger partial charge on any atom is 0.0149 e. The molecule has 14 heavy (non-hydrogen) atoms. The van der Waals surface area contributed by atoms with Crippen LogP contribution in [0.25, 0.3) is 0 Å². The Kier molecular flexibility index (Phi) is 3.74. The Morgan fingerprint density at radius 1 is 1.29 bits per heavy atom. The molecule has 0 aromatic heterocycles. The summed E-state index contributed by atoms with van der Waals surface area (Å²) in [7, 11) is 0. The SMILES string of the molecule is CC1CN(CC2CCNC2)CC(C)S1. The van der Waals surface area contributed by atoms with Gasteiger partial charge in [0.2, 0.25) is 0 Å². The summed E-state index contributed by atoms with van der Waals surface area (Å²) in [5, 5.41) is 5.11. The van der Waals surface area contributed by atoms with Crippen molar-refractivity contribution < 1.29 is 0 Å². The summed E-state index contributed by atoms with van der Waals surface area (Å²) >= 11 is 2.15. The third-order valence-corrected chi connectivity index (χ3v) is 4.40. The lowest BCUT2D eigenvalue weighted by Crippen LogP contribution is -2.43. The highest BCUT2D eigenvalue weighted by Gasteiger charge is 2.25. The molecule has 3 unspecified atom stereocenters. The van der Waals surface area contributed by atoms with Gasteiger partial charge in [-0.1, -0.05) is 13.8 Å². The predicted octanol–water partition coefficient (Wildman–Crippen LogP) is 1.42. The highest BCUT2D eigenvalue weighted by Crippen LogP contribution is 2.25. The molecule has 1 N–H and O–H groups in total. The van der Waals surface area contributed by atoms with Gasteiger partial charge in [-0.2, -0.15) is 11.8 Å². The molecule has 2 saturated heterocycles. The van der Waals surface area contributed by atoms with Crippen LogP contribution >= 0.6 is 11.8 Å². The lowest BCUT2D eigenvalue weighted by molar-refractivity contribution is 0.235. The highest BCUT2D eigenvalue weighted by atomic mass is 32.2. The van der Waals surface area contributed by atoms with E-state index in [-0.39, 0.29) is 0 Å². The van der Waals surface area contributed by atoms with Crippen molar-refractivity contribution in [1.29, 1.82) is 0 Å². The smallest absolute Gasteiger partial charge is 0.0149 e. The van der Waals surface area contributed by atoms with Gasteiger partial charge >= 0.3 is 0 Å². The second-order valence-electron chi connectivity index (χ2n) is 4.83. The van der Waals surface area contributed by atoms with Crippen molar-refractivity contribution in [2.75, 3.05) is 32.7 Å². The Morgan fingerprint density at radius 3 is 2.57 bits per heavy atom. The average molecular weight is 214 g/mol. The largest absolute Gasteiger partial charge is 0.316 e. The second kappa shape index (κ2) is 4.86. The van der Waals surface area contributed by atoms with Gasteiger partial charge in [0, 0.05) is 30.1 Å². The summed E-state index contributed by atoms with van der Waals surface area (Å²) in [6.45, 7) is 11.1. The van der Waals surface area contributed by atoms with Crippen LogP contribution in [0.1, 0.15) is 20.3 Å². The van der Waals surface area contributed by atoms with Gasteiger partial charge in [-0.3, -0.25) is 0 Å². The number of hydrogen-bond acceptors (Lipinski definition) is 3. The first kappa shape index (κ1) is 10.8. The van der Waals surface area contributed by atoms with E-state index in [1.807, 2.05) is 0 Å². The van der Waals surface area contributed by atoms with E-state index in [0.717, 1.165) is 16.4 Å². The number of nitrogens with one attached hydrogen (secondary N) is 1. The molecule has 3 atom stereocenters. The van der Waals surface area contributed by atoms with E-state index in [0.29, 0.717) is 0 Å². The van der Waals surface area contributed by atoms with Gasteiger partial charge in [0.1, 0.15) is 0 Å². The first-order valence-corrected chi connectivity index (χ1v) is 6.77. The summed E-state index contributed by atoms with van der Waals surface area (Å²) in [6, 6.07) is 0. The maximum absolute atomic E-state index is 3.45. The standard InChI is InChI=1S/C11H22N2S/c1-9-6-13(7-10(2)14-9)8-11-3-4-12-5-11/h9-12H,3-8H2,1-2H3. The van der Waals surface area contributed by atoms with Gasteiger partial charge < -0.3 is 10.2 Å². The van der Waals surface area contributed by atoms with Gasteiger partial charge in [0.25, 0.3) is 0 Å². The van der Waals surface area contributed by atoms with Gasteiger partial charge in [-0.25, -0.2) is 0 Å². The molecule has 0 aromatic carbocycles. The van der Waals surface area contributed by atoms with Gasteiger partial charge in [0.05, 0.1) is 0 Å². The third kappa shape index (κ3) is 2.88. The molecule has 82 valence electrons. The maximum atomic E-state index is 3.45. The van der Waals surface area contributed by atoms with Crippen molar-refractivity contribution in [3.63, 3.8) is 0 Å². The van der Waals surface area contributed by atoms with E-state index in [9.17, 15) is 0 Å². The van der Waals surface area contributed by atoms with E-state index in [1.165, 1.54) is 39.1 Å². The van der Waals surface area contributed by atoms with Crippen LogP contribution < -0.4 is 5.32 Å². The minimum atomic E-state index is 0.827. The van der Waals surface area contributed by atoms with E-state index in [4.69, 9.17) is 0 Å². The van der Waals surface area contributed by atoms with Crippen LogP contribution in [0.2, 0.25) is 0 Å². The fourth-order valence-electron chi connectivity index (χ4n) is 2.67. The van der Waals surface area contributed by atoms with Crippen molar-refractivity contribution in [3.05, 3.63) is 0 Å². The molecule has 2 aliphatic rings.